The van der Waals surface area contributed by atoms with Crippen molar-refractivity contribution >= 4 is 38.4 Å². The Morgan fingerprint density at radius 1 is 0.875 bits per heavy atom. The normalized spacial score (nSPS) is 14.0. The van der Waals surface area contributed by atoms with Crippen LogP contribution in [0.3, 0.4) is 0 Å². The predicted molar refractivity (Wildman–Crippen MR) is 131 cm³/mol. The third-order valence-corrected chi connectivity index (χ3v) is 6.38. The van der Waals surface area contributed by atoms with Gasteiger partial charge in [0.15, 0.2) is 0 Å². The van der Waals surface area contributed by atoms with Gasteiger partial charge >= 0.3 is 0 Å². The number of aromatic nitrogens is 1. The van der Waals surface area contributed by atoms with Crippen LogP contribution in [0.25, 0.3) is 22.2 Å². The summed E-state index contributed by atoms with van der Waals surface area (Å²) in [5.74, 6) is 0.280. The second-order valence-corrected chi connectivity index (χ2v) is 8.79. The second-order valence-electron chi connectivity index (χ2n) is 7.88. The van der Waals surface area contributed by atoms with Crippen molar-refractivity contribution in [1.82, 2.24) is 9.88 Å². The highest BCUT2D eigenvalue weighted by atomic mass is 79.9. The summed E-state index contributed by atoms with van der Waals surface area (Å²) in [6.45, 7) is 2.69. The smallest absolute Gasteiger partial charge is 0.254 e. The Morgan fingerprint density at radius 2 is 1.62 bits per heavy atom. The third kappa shape index (κ3) is 4.06. The monoisotopic (exact) mass is 487 g/mol. The molecule has 1 N–H and O–H groups in total. The average Bonchev–Trinajstić information content (AvgIpc) is 2.83. The molecule has 3 aromatic carbocycles. The number of para-hydroxylation sites is 1. The lowest BCUT2D eigenvalue weighted by Gasteiger charge is -2.36. The first kappa shape index (κ1) is 20.5. The number of hydrogen-bond acceptors (Lipinski definition) is 4. The van der Waals surface area contributed by atoms with Gasteiger partial charge in [-0.1, -0.05) is 52.3 Å². The maximum absolute atomic E-state index is 13.6. The van der Waals surface area contributed by atoms with E-state index >= 15 is 0 Å². The number of piperazine rings is 1. The summed E-state index contributed by atoms with van der Waals surface area (Å²) < 4.78 is 1.00. The highest BCUT2D eigenvalue weighted by molar-refractivity contribution is 9.10. The number of carbonyl (C=O) groups excluding carboxylic acids is 1. The van der Waals surface area contributed by atoms with Gasteiger partial charge in [-0.3, -0.25) is 4.79 Å². The fraction of sp³-hybridized carbons (Fsp3) is 0.154. The molecule has 0 atom stereocenters. The molecular weight excluding hydrogens is 466 g/mol. The molecule has 160 valence electrons. The van der Waals surface area contributed by atoms with Gasteiger partial charge in [0.2, 0.25) is 0 Å². The molecule has 2 heterocycles. The number of pyridine rings is 1. The van der Waals surface area contributed by atoms with Crippen LogP contribution in [0.1, 0.15) is 10.4 Å². The van der Waals surface area contributed by atoms with E-state index in [4.69, 9.17) is 4.98 Å². The Labute approximate surface area is 195 Å². The summed E-state index contributed by atoms with van der Waals surface area (Å²) in [6.07, 6.45) is 0. The first-order valence-electron chi connectivity index (χ1n) is 10.6. The van der Waals surface area contributed by atoms with Crippen LogP contribution in [0.4, 0.5) is 5.69 Å². The first-order valence-corrected chi connectivity index (χ1v) is 11.4. The van der Waals surface area contributed by atoms with Gasteiger partial charge in [0.1, 0.15) is 5.75 Å². The topological polar surface area (TPSA) is 56.7 Å². The summed E-state index contributed by atoms with van der Waals surface area (Å²) >= 11 is 3.47. The fourth-order valence-electron chi connectivity index (χ4n) is 4.15. The number of amides is 1. The Balaban J connectivity index is 1.44. The minimum Gasteiger partial charge on any atom is -0.508 e. The lowest BCUT2D eigenvalue weighted by atomic mass is 10.0. The molecule has 0 bridgehead atoms. The maximum atomic E-state index is 13.6. The highest BCUT2D eigenvalue weighted by Gasteiger charge is 2.24. The Hall–Kier alpha value is -3.38. The van der Waals surface area contributed by atoms with E-state index in [0.717, 1.165) is 45.4 Å². The molecule has 1 aromatic heterocycles. The molecule has 1 saturated heterocycles. The number of fused-ring (bicyclic) bond motifs is 1. The molecule has 0 aliphatic carbocycles. The Morgan fingerprint density at radius 3 is 2.38 bits per heavy atom. The molecule has 1 amide bonds. The van der Waals surface area contributed by atoms with Crippen LogP contribution in [0, 0.1) is 0 Å². The number of benzene rings is 3. The molecule has 0 unspecified atom stereocenters. The van der Waals surface area contributed by atoms with E-state index in [2.05, 4.69) is 20.8 Å². The van der Waals surface area contributed by atoms with Crippen LogP contribution < -0.4 is 4.90 Å². The van der Waals surface area contributed by atoms with Crippen molar-refractivity contribution in [2.75, 3.05) is 31.1 Å². The highest BCUT2D eigenvalue weighted by Crippen LogP contribution is 2.28. The van der Waals surface area contributed by atoms with Crippen LogP contribution in [-0.2, 0) is 0 Å². The van der Waals surface area contributed by atoms with Gasteiger partial charge in [0.05, 0.1) is 16.8 Å². The lowest BCUT2D eigenvalue weighted by molar-refractivity contribution is 0.0748. The van der Waals surface area contributed by atoms with Gasteiger partial charge < -0.3 is 14.9 Å². The van der Waals surface area contributed by atoms with Crippen molar-refractivity contribution < 1.29 is 9.90 Å². The molecule has 1 fully saturated rings. The van der Waals surface area contributed by atoms with E-state index in [1.807, 2.05) is 71.6 Å². The number of carbonyl (C=O) groups is 1. The number of anilines is 1. The molecular formula is C26H22BrN3O2. The Kier molecular flexibility index (Phi) is 5.53. The van der Waals surface area contributed by atoms with Gasteiger partial charge in [-0.2, -0.15) is 0 Å². The van der Waals surface area contributed by atoms with Crippen LogP contribution in [0.5, 0.6) is 5.75 Å². The number of aromatic hydroxyl groups is 1. The van der Waals surface area contributed by atoms with Crippen molar-refractivity contribution in [3.63, 3.8) is 0 Å². The van der Waals surface area contributed by atoms with Crippen LogP contribution in [0.15, 0.2) is 83.3 Å². The first-order chi connectivity index (χ1) is 15.6. The summed E-state index contributed by atoms with van der Waals surface area (Å²) in [4.78, 5) is 22.5. The summed E-state index contributed by atoms with van der Waals surface area (Å²) in [7, 11) is 0. The zero-order chi connectivity index (χ0) is 22.1. The number of phenols is 1. The molecule has 1 aliphatic heterocycles. The number of rotatable bonds is 3. The van der Waals surface area contributed by atoms with Crippen molar-refractivity contribution in [3.8, 4) is 17.0 Å². The van der Waals surface area contributed by atoms with Crippen molar-refractivity contribution in [1.29, 1.82) is 0 Å². The van der Waals surface area contributed by atoms with E-state index in [-0.39, 0.29) is 11.7 Å². The molecule has 5 nitrogen and oxygen atoms in total. The van der Waals surface area contributed by atoms with Gasteiger partial charge in [-0.05, 0) is 36.4 Å². The van der Waals surface area contributed by atoms with Gasteiger partial charge in [-0.15, -0.1) is 0 Å². The molecule has 1 aliphatic rings. The van der Waals surface area contributed by atoms with Crippen LogP contribution >= 0.6 is 15.9 Å². The van der Waals surface area contributed by atoms with E-state index in [1.165, 1.54) is 0 Å². The molecule has 0 spiro atoms. The van der Waals surface area contributed by atoms with Crippen molar-refractivity contribution in [2.45, 2.75) is 0 Å². The van der Waals surface area contributed by atoms with Gasteiger partial charge in [-0.25, -0.2) is 4.98 Å². The van der Waals surface area contributed by atoms with Crippen molar-refractivity contribution in [2.24, 2.45) is 0 Å². The number of hydrogen-bond donors (Lipinski definition) is 1. The fourth-order valence-corrected chi connectivity index (χ4v) is 4.41. The molecule has 5 rings (SSSR count). The zero-order valence-corrected chi connectivity index (χ0v) is 19.0. The third-order valence-electron chi connectivity index (χ3n) is 5.85. The molecule has 0 radical (unpaired) electrons. The second kappa shape index (κ2) is 8.63. The van der Waals surface area contributed by atoms with E-state index < -0.39 is 0 Å². The summed E-state index contributed by atoms with van der Waals surface area (Å²) in [5, 5.41) is 10.6. The maximum Gasteiger partial charge on any atom is 0.254 e. The van der Waals surface area contributed by atoms with Crippen molar-refractivity contribution in [3.05, 3.63) is 88.9 Å². The standard InChI is InChI=1S/C26H22BrN3O2/c27-19-10-8-18(9-11-19)25-17-23(22-6-1-2-7-24(22)28-25)26(32)30-14-12-29(13-15-30)20-4-3-5-21(31)16-20/h1-11,16-17,31H,12-15H2. The van der Waals surface area contributed by atoms with E-state index in [0.29, 0.717) is 18.7 Å². The average molecular weight is 488 g/mol. The quantitative estimate of drug-likeness (QED) is 0.424. The Bertz CT molecular complexity index is 1280. The minimum absolute atomic E-state index is 0.0255. The molecule has 32 heavy (non-hydrogen) atoms. The molecule has 0 saturated carbocycles. The lowest BCUT2D eigenvalue weighted by Crippen LogP contribution is -2.48. The number of phenolic OH excluding ortho intramolecular Hbond substituents is 1. The summed E-state index contributed by atoms with van der Waals surface area (Å²) in [6, 6.07) is 24.9. The minimum atomic E-state index is 0.0255. The van der Waals surface area contributed by atoms with Gasteiger partial charge in [0, 0.05) is 53.4 Å². The van der Waals surface area contributed by atoms with Crippen LogP contribution in [-0.4, -0.2) is 47.1 Å². The number of nitrogens with zero attached hydrogens (tertiary/aromatic N) is 3. The van der Waals surface area contributed by atoms with Crippen LogP contribution in [0.2, 0.25) is 0 Å². The number of halogens is 1. The SMILES string of the molecule is O=C(c1cc(-c2ccc(Br)cc2)nc2ccccc12)N1CCN(c2cccc(O)c2)CC1. The van der Waals surface area contributed by atoms with E-state index in [1.54, 1.807) is 12.1 Å². The zero-order valence-electron chi connectivity index (χ0n) is 17.4. The molecule has 6 heteroatoms. The summed E-state index contributed by atoms with van der Waals surface area (Å²) in [5.41, 5.74) is 4.23. The van der Waals surface area contributed by atoms with E-state index in [9.17, 15) is 9.90 Å². The predicted octanol–water partition coefficient (Wildman–Crippen LogP) is 5.33. The van der Waals surface area contributed by atoms with Gasteiger partial charge in [0.25, 0.3) is 5.91 Å². The largest absolute Gasteiger partial charge is 0.508 e. The molecule has 4 aromatic rings.